The van der Waals surface area contributed by atoms with Crippen molar-refractivity contribution in [1.82, 2.24) is 15.5 Å². The molecule has 2 aromatic carbocycles. The number of aromatic nitrogens is 2. The van der Waals surface area contributed by atoms with E-state index < -0.39 is 16.7 Å². The number of amides is 2. The van der Waals surface area contributed by atoms with E-state index in [4.69, 9.17) is 4.42 Å². The molecule has 1 atom stereocenters. The monoisotopic (exact) mass is 419 g/mol. The van der Waals surface area contributed by atoms with E-state index in [0.717, 1.165) is 5.56 Å². The van der Waals surface area contributed by atoms with Gasteiger partial charge in [0.2, 0.25) is 0 Å². The third kappa shape index (κ3) is 3.99. The summed E-state index contributed by atoms with van der Waals surface area (Å²) in [6.07, 6.45) is 0. The number of benzene rings is 2. The van der Waals surface area contributed by atoms with Gasteiger partial charge in [0.25, 0.3) is 17.5 Å². The Bertz CT molecular complexity index is 1280. The first-order chi connectivity index (χ1) is 14.9. The second-order valence-corrected chi connectivity index (χ2v) is 6.76. The normalized spacial score (nSPS) is 11.8. The lowest BCUT2D eigenvalue weighted by Gasteiger charge is -2.12. The SMILES string of the molecule is C[C@H](NC(=O)c1cc2[nH]nc(NC(=O)c3ccccc3[N+](=O)[O-])c2o1)c1ccccc1. The molecule has 2 heterocycles. The minimum atomic E-state index is -0.721. The van der Waals surface area contributed by atoms with E-state index in [1.165, 1.54) is 30.3 Å². The standard InChI is InChI=1S/C21H17N5O5/c1-12(13-7-3-2-4-8-13)22-21(28)17-11-15-18(31-17)19(25-24-15)23-20(27)14-9-5-6-10-16(14)26(29)30/h2-12H,1H3,(H,22,28)(H2,23,24,25,27)/t12-/m0/s1. The molecule has 0 unspecified atom stereocenters. The third-order valence-corrected chi connectivity index (χ3v) is 4.68. The highest BCUT2D eigenvalue weighted by Gasteiger charge is 2.23. The number of nitrogens with zero attached hydrogens (tertiary/aromatic N) is 2. The second-order valence-electron chi connectivity index (χ2n) is 6.76. The van der Waals surface area contributed by atoms with Crippen LogP contribution in [-0.2, 0) is 0 Å². The summed E-state index contributed by atoms with van der Waals surface area (Å²) in [6.45, 7) is 1.85. The molecule has 3 N–H and O–H groups in total. The van der Waals surface area contributed by atoms with Crippen LogP contribution in [0.15, 0.2) is 65.1 Å². The molecule has 2 amide bonds. The maximum Gasteiger partial charge on any atom is 0.287 e. The number of carbonyl (C=O) groups excluding carboxylic acids is 2. The van der Waals surface area contributed by atoms with Crippen molar-refractivity contribution in [3.8, 4) is 0 Å². The average Bonchev–Trinajstić information content (AvgIpc) is 3.36. The van der Waals surface area contributed by atoms with Crippen molar-refractivity contribution in [1.29, 1.82) is 0 Å². The molecular weight excluding hydrogens is 402 g/mol. The van der Waals surface area contributed by atoms with Crippen LogP contribution in [0.1, 0.15) is 39.4 Å². The van der Waals surface area contributed by atoms with Crippen LogP contribution in [0.4, 0.5) is 11.5 Å². The number of hydrogen-bond acceptors (Lipinski definition) is 6. The first kappa shape index (κ1) is 19.8. The number of nitrogens with one attached hydrogen (secondary N) is 3. The summed E-state index contributed by atoms with van der Waals surface area (Å²) < 4.78 is 5.60. The maximum absolute atomic E-state index is 12.6. The van der Waals surface area contributed by atoms with Crippen molar-refractivity contribution < 1.29 is 18.9 Å². The lowest BCUT2D eigenvalue weighted by molar-refractivity contribution is -0.385. The van der Waals surface area contributed by atoms with E-state index in [1.54, 1.807) is 0 Å². The van der Waals surface area contributed by atoms with Gasteiger partial charge in [0, 0.05) is 12.1 Å². The minimum absolute atomic E-state index is 0.0216. The van der Waals surface area contributed by atoms with Crippen LogP contribution >= 0.6 is 0 Å². The number of para-hydroxylation sites is 1. The molecule has 0 aliphatic carbocycles. The molecule has 0 saturated carbocycles. The van der Waals surface area contributed by atoms with Gasteiger partial charge in [-0.3, -0.25) is 24.8 Å². The predicted molar refractivity (Wildman–Crippen MR) is 112 cm³/mol. The Morgan fingerprint density at radius 2 is 1.81 bits per heavy atom. The number of nitro groups is 1. The van der Waals surface area contributed by atoms with Gasteiger partial charge >= 0.3 is 0 Å². The van der Waals surface area contributed by atoms with Crippen molar-refractivity contribution in [2.75, 3.05) is 5.32 Å². The highest BCUT2D eigenvalue weighted by atomic mass is 16.6. The molecule has 0 spiro atoms. The maximum atomic E-state index is 12.6. The second kappa shape index (κ2) is 8.11. The van der Waals surface area contributed by atoms with E-state index in [1.807, 2.05) is 37.3 Å². The van der Waals surface area contributed by atoms with Crippen molar-refractivity contribution in [3.63, 3.8) is 0 Å². The Kier molecular flexibility index (Phi) is 5.19. The quantitative estimate of drug-likeness (QED) is 0.320. The van der Waals surface area contributed by atoms with Gasteiger partial charge in [-0.05, 0) is 18.6 Å². The van der Waals surface area contributed by atoms with Crippen molar-refractivity contribution >= 4 is 34.4 Å². The van der Waals surface area contributed by atoms with E-state index in [-0.39, 0.29) is 34.5 Å². The summed E-state index contributed by atoms with van der Waals surface area (Å²) in [5.74, 6) is -1.10. The molecule has 10 nitrogen and oxygen atoms in total. The molecule has 0 aliphatic heterocycles. The Morgan fingerprint density at radius 3 is 2.55 bits per heavy atom. The molecule has 156 valence electrons. The number of hydrogen-bond donors (Lipinski definition) is 3. The number of anilines is 1. The zero-order valence-corrected chi connectivity index (χ0v) is 16.3. The van der Waals surface area contributed by atoms with Crippen LogP contribution in [0.5, 0.6) is 0 Å². The fourth-order valence-electron chi connectivity index (χ4n) is 3.11. The molecular formula is C21H17N5O5. The summed E-state index contributed by atoms with van der Waals surface area (Å²) in [7, 11) is 0. The van der Waals surface area contributed by atoms with Crippen LogP contribution in [0.3, 0.4) is 0 Å². The van der Waals surface area contributed by atoms with Crippen molar-refractivity contribution in [2.45, 2.75) is 13.0 Å². The number of carbonyl (C=O) groups is 2. The molecule has 10 heteroatoms. The zero-order chi connectivity index (χ0) is 22.0. The molecule has 2 aromatic heterocycles. The fourth-order valence-corrected chi connectivity index (χ4v) is 3.11. The Hall–Kier alpha value is -4.47. The van der Waals surface area contributed by atoms with Crippen molar-refractivity contribution in [2.24, 2.45) is 0 Å². The summed E-state index contributed by atoms with van der Waals surface area (Å²) in [5.41, 5.74) is 1.04. The molecule has 0 bridgehead atoms. The highest BCUT2D eigenvalue weighted by molar-refractivity contribution is 6.09. The molecule has 31 heavy (non-hydrogen) atoms. The van der Waals surface area contributed by atoms with Gasteiger partial charge in [-0.25, -0.2) is 0 Å². The van der Waals surface area contributed by atoms with Gasteiger partial charge in [-0.1, -0.05) is 42.5 Å². The number of aromatic amines is 1. The van der Waals surface area contributed by atoms with Gasteiger partial charge in [0.1, 0.15) is 11.1 Å². The number of fused-ring (bicyclic) bond motifs is 1. The molecule has 0 saturated heterocycles. The number of furan rings is 1. The Labute approximate surface area is 175 Å². The van der Waals surface area contributed by atoms with Gasteiger partial charge < -0.3 is 15.1 Å². The number of nitro benzene ring substituents is 1. The smallest absolute Gasteiger partial charge is 0.287 e. The van der Waals surface area contributed by atoms with Crippen LogP contribution < -0.4 is 10.6 Å². The first-order valence-corrected chi connectivity index (χ1v) is 9.32. The minimum Gasteiger partial charge on any atom is -0.445 e. The van der Waals surface area contributed by atoms with Gasteiger partial charge in [-0.2, -0.15) is 5.10 Å². The summed E-state index contributed by atoms with van der Waals surface area (Å²) in [5, 5.41) is 23.1. The molecule has 0 aliphatic rings. The van der Waals surface area contributed by atoms with E-state index in [9.17, 15) is 19.7 Å². The number of rotatable bonds is 6. The first-order valence-electron chi connectivity index (χ1n) is 9.32. The molecule has 4 rings (SSSR count). The summed E-state index contributed by atoms with van der Waals surface area (Å²) in [6, 6.07) is 16.2. The number of H-pyrrole nitrogens is 1. The topological polar surface area (TPSA) is 143 Å². The predicted octanol–water partition coefficient (Wildman–Crippen LogP) is 3.81. The molecule has 0 fully saturated rings. The van der Waals surface area contributed by atoms with Gasteiger partial charge in [-0.15, -0.1) is 0 Å². The molecule has 4 aromatic rings. The van der Waals surface area contributed by atoms with E-state index in [2.05, 4.69) is 20.8 Å². The lowest BCUT2D eigenvalue weighted by Crippen LogP contribution is -2.26. The lowest BCUT2D eigenvalue weighted by atomic mass is 10.1. The van der Waals surface area contributed by atoms with E-state index >= 15 is 0 Å². The molecule has 0 radical (unpaired) electrons. The largest absolute Gasteiger partial charge is 0.445 e. The van der Waals surface area contributed by atoms with Gasteiger partial charge in [0.15, 0.2) is 17.2 Å². The average molecular weight is 419 g/mol. The van der Waals surface area contributed by atoms with Crippen LogP contribution in [0, 0.1) is 10.1 Å². The summed E-state index contributed by atoms with van der Waals surface area (Å²) >= 11 is 0. The van der Waals surface area contributed by atoms with Crippen LogP contribution in [0.25, 0.3) is 11.1 Å². The highest BCUT2D eigenvalue weighted by Crippen LogP contribution is 2.26. The van der Waals surface area contributed by atoms with Gasteiger partial charge in [0.05, 0.1) is 11.0 Å². The van der Waals surface area contributed by atoms with E-state index in [0.29, 0.717) is 5.52 Å². The third-order valence-electron chi connectivity index (χ3n) is 4.68. The fraction of sp³-hybridized carbons (Fsp3) is 0.0952. The summed E-state index contributed by atoms with van der Waals surface area (Å²) in [4.78, 5) is 35.6. The van der Waals surface area contributed by atoms with Crippen LogP contribution in [0.2, 0.25) is 0 Å². The Morgan fingerprint density at radius 1 is 1.10 bits per heavy atom. The zero-order valence-electron chi connectivity index (χ0n) is 16.3. The van der Waals surface area contributed by atoms with Crippen molar-refractivity contribution in [3.05, 3.63) is 87.7 Å². The van der Waals surface area contributed by atoms with Crippen LogP contribution in [-0.4, -0.2) is 26.9 Å². The Balaban J connectivity index is 1.53.